The van der Waals surface area contributed by atoms with Crippen molar-refractivity contribution in [2.45, 2.75) is 70.4 Å². The molecule has 0 bridgehead atoms. The highest BCUT2D eigenvalue weighted by Crippen LogP contribution is 2.36. The molecule has 2 nitrogen and oxygen atoms in total. The lowest BCUT2D eigenvalue weighted by atomic mass is 10.1. The highest BCUT2D eigenvalue weighted by Gasteiger charge is 2.64. The molecule has 0 radical (unpaired) electrons. The molecule has 0 spiro atoms. The van der Waals surface area contributed by atoms with Crippen LogP contribution in [0.2, 0.25) is 0 Å². The van der Waals surface area contributed by atoms with Gasteiger partial charge in [-0.25, -0.2) is 4.79 Å². The van der Waals surface area contributed by atoms with Crippen LogP contribution >= 0.6 is 0 Å². The second-order valence-corrected chi connectivity index (χ2v) is 4.68. The molecule has 20 heavy (non-hydrogen) atoms. The molecule has 0 aromatic carbocycles. The Kier molecular flexibility index (Phi) is 8.73. The molecule has 0 atom stereocenters. The lowest BCUT2D eigenvalue weighted by Gasteiger charge is -2.17. The van der Waals surface area contributed by atoms with E-state index in [-0.39, 0.29) is 0 Å². The maximum absolute atomic E-state index is 12.5. The van der Waals surface area contributed by atoms with Crippen molar-refractivity contribution < 1.29 is 31.5 Å². The zero-order valence-corrected chi connectivity index (χ0v) is 11.6. The minimum atomic E-state index is -5.90. The Morgan fingerprint density at radius 3 is 1.75 bits per heavy atom. The summed E-state index contributed by atoms with van der Waals surface area (Å²) in [5, 5.41) is 0. The molecular weight excluding hydrogens is 283 g/mol. The third-order valence-corrected chi connectivity index (χ3v) is 2.84. The summed E-state index contributed by atoms with van der Waals surface area (Å²) in [6.45, 7) is 1.70. The topological polar surface area (TPSA) is 26.3 Å². The van der Waals surface area contributed by atoms with E-state index in [0.717, 1.165) is 32.1 Å². The lowest BCUT2D eigenvalue weighted by molar-refractivity contribution is -0.280. The zero-order chi connectivity index (χ0) is 15.6. The van der Waals surface area contributed by atoms with Crippen molar-refractivity contribution in [3.63, 3.8) is 0 Å². The standard InChI is InChI=1S/C13H21F5O2/c1-2-3-4-5-6-7-8-9-10-20-11(19)12(14,15)13(16,17)18/h2-10H2,1H3. The maximum Gasteiger partial charge on any atom is 0.465 e. The highest BCUT2D eigenvalue weighted by atomic mass is 19.4. The fourth-order valence-electron chi connectivity index (χ4n) is 1.61. The van der Waals surface area contributed by atoms with E-state index in [1.165, 1.54) is 6.42 Å². The second kappa shape index (κ2) is 9.13. The number of rotatable bonds is 10. The summed E-state index contributed by atoms with van der Waals surface area (Å²) in [6.07, 6.45) is 1.44. The molecule has 120 valence electrons. The summed E-state index contributed by atoms with van der Waals surface area (Å²) in [5.74, 6) is -7.94. The van der Waals surface area contributed by atoms with Crippen molar-refractivity contribution in [3.05, 3.63) is 0 Å². The number of ether oxygens (including phenoxy) is 1. The van der Waals surface area contributed by atoms with Gasteiger partial charge in [-0.05, 0) is 6.42 Å². The van der Waals surface area contributed by atoms with Crippen LogP contribution in [-0.4, -0.2) is 24.7 Å². The molecule has 0 aromatic heterocycles. The SMILES string of the molecule is CCCCCCCCCCOC(=O)C(F)(F)C(F)(F)F. The van der Waals surface area contributed by atoms with E-state index in [4.69, 9.17) is 0 Å². The van der Waals surface area contributed by atoms with Gasteiger partial charge in [0, 0.05) is 0 Å². The first-order chi connectivity index (χ1) is 9.23. The average Bonchev–Trinajstić information content (AvgIpc) is 2.35. The minimum absolute atomic E-state index is 0.299. The molecule has 0 amide bonds. The molecule has 0 unspecified atom stereocenters. The highest BCUT2D eigenvalue weighted by molar-refractivity contribution is 5.78. The van der Waals surface area contributed by atoms with Gasteiger partial charge in [0.1, 0.15) is 0 Å². The Hall–Kier alpha value is -0.880. The first kappa shape index (κ1) is 19.1. The Labute approximate surface area is 115 Å². The van der Waals surface area contributed by atoms with Crippen molar-refractivity contribution in [1.29, 1.82) is 0 Å². The summed E-state index contributed by atoms with van der Waals surface area (Å²) in [7, 11) is 0. The van der Waals surface area contributed by atoms with E-state index >= 15 is 0 Å². The van der Waals surface area contributed by atoms with Crippen LogP contribution in [-0.2, 0) is 9.53 Å². The third kappa shape index (κ3) is 7.05. The van der Waals surface area contributed by atoms with Gasteiger partial charge in [0.15, 0.2) is 0 Å². The van der Waals surface area contributed by atoms with E-state index in [1.807, 2.05) is 0 Å². The molecule has 0 saturated carbocycles. The normalized spacial score (nSPS) is 12.5. The fourth-order valence-corrected chi connectivity index (χ4v) is 1.61. The Balaban J connectivity index is 3.63. The van der Waals surface area contributed by atoms with Gasteiger partial charge in [0.25, 0.3) is 0 Å². The van der Waals surface area contributed by atoms with Crippen LogP contribution in [0.4, 0.5) is 22.0 Å². The molecule has 0 fully saturated rings. The van der Waals surface area contributed by atoms with E-state index in [1.54, 1.807) is 0 Å². The molecule has 0 aliphatic rings. The van der Waals surface area contributed by atoms with Crippen LogP contribution in [0.1, 0.15) is 58.3 Å². The van der Waals surface area contributed by atoms with Gasteiger partial charge in [0.2, 0.25) is 0 Å². The minimum Gasteiger partial charge on any atom is -0.461 e. The molecule has 7 heteroatoms. The summed E-state index contributed by atoms with van der Waals surface area (Å²) in [4.78, 5) is 10.6. The summed E-state index contributed by atoms with van der Waals surface area (Å²) < 4.78 is 64.3. The number of halogens is 5. The largest absolute Gasteiger partial charge is 0.465 e. The first-order valence-corrected chi connectivity index (χ1v) is 6.85. The number of hydrogen-bond donors (Lipinski definition) is 0. The molecular formula is C13H21F5O2. The number of unbranched alkanes of at least 4 members (excludes halogenated alkanes) is 7. The van der Waals surface area contributed by atoms with Crippen LogP contribution in [0.3, 0.4) is 0 Å². The van der Waals surface area contributed by atoms with Crippen LogP contribution in [0.5, 0.6) is 0 Å². The van der Waals surface area contributed by atoms with Gasteiger partial charge in [-0.2, -0.15) is 22.0 Å². The lowest BCUT2D eigenvalue weighted by Crippen LogP contribution is -2.45. The van der Waals surface area contributed by atoms with E-state index < -0.39 is 24.7 Å². The average molecular weight is 304 g/mol. The molecule has 0 N–H and O–H groups in total. The van der Waals surface area contributed by atoms with Gasteiger partial charge in [-0.1, -0.05) is 51.9 Å². The molecule has 0 heterocycles. The number of carbonyl (C=O) groups excluding carboxylic acids is 1. The molecule has 0 aliphatic carbocycles. The van der Waals surface area contributed by atoms with Crippen LogP contribution in [0, 0.1) is 0 Å². The molecule has 0 saturated heterocycles. The van der Waals surface area contributed by atoms with Crippen LogP contribution in [0.25, 0.3) is 0 Å². The van der Waals surface area contributed by atoms with E-state index in [2.05, 4.69) is 11.7 Å². The molecule has 0 rings (SSSR count). The number of esters is 1. The summed E-state index contributed by atoms with van der Waals surface area (Å²) >= 11 is 0. The van der Waals surface area contributed by atoms with Gasteiger partial charge in [-0.15, -0.1) is 0 Å². The Morgan fingerprint density at radius 1 is 0.850 bits per heavy atom. The van der Waals surface area contributed by atoms with Gasteiger partial charge in [0.05, 0.1) is 6.61 Å². The monoisotopic (exact) mass is 304 g/mol. The van der Waals surface area contributed by atoms with Gasteiger partial charge in [-0.3, -0.25) is 0 Å². The van der Waals surface area contributed by atoms with Gasteiger partial charge < -0.3 is 4.74 Å². The zero-order valence-electron chi connectivity index (χ0n) is 11.6. The Bertz CT molecular complexity index is 276. The number of hydrogen-bond acceptors (Lipinski definition) is 2. The fraction of sp³-hybridized carbons (Fsp3) is 0.923. The van der Waals surface area contributed by atoms with Crippen LogP contribution < -0.4 is 0 Å². The molecule has 0 aromatic rings. The quantitative estimate of drug-likeness (QED) is 0.327. The number of carbonyl (C=O) groups is 1. The van der Waals surface area contributed by atoms with Crippen molar-refractivity contribution in [2.75, 3.05) is 6.61 Å². The molecule has 0 aliphatic heterocycles. The van der Waals surface area contributed by atoms with Crippen molar-refractivity contribution in [3.8, 4) is 0 Å². The van der Waals surface area contributed by atoms with E-state index in [9.17, 15) is 26.7 Å². The predicted molar refractivity (Wildman–Crippen MR) is 64.6 cm³/mol. The smallest absolute Gasteiger partial charge is 0.461 e. The van der Waals surface area contributed by atoms with Gasteiger partial charge >= 0.3 is 18.1 Å². The summed E-state index contributed by atoms with van der Waals surface area (Å²) in [5.41, 5.74) is 0. The van der Waals surface area contributed by atoms with E-state index in [0.29, 0.717) is 12.8 Å². The Morgan fingerprint density at radius 2 is 1.30 bits per heavy atom. The maximum atomic E-state index is 12.5. The first-order valence-electron chi connectivity index (χ1n) is 6.85. The number of alkyl halides is 5. The predicted octanol–water partition coefficient (Wildman–Crippen LogP) is 4.87. The second-order valence-electron chi connectivity index (χ2n) is 4.68. The summed E-state index contributed by atoms with van der Waals surface area (Å²) in [6, 6.07) is 0. The van der Waals surface area contributed by atoms with Crippen molar-refractivity contribution in [2.24, 2.45) is 0 Å². The van der Waals surface area contributed by atoms with Crippen LogP contribution in [0.15, 0.2) is 0 Å². The van der Waals surface area contributed by atoms with Crippen molar-refractivity contribution in [1.82, 2.24) is 0 Å². The van der Waals surface area contributed by atoms with Crippen molar-refractivity contribution >= 4 is 5.97 Å². The third-order valence-electron chi connectivity index (χ3n) is 2.84.